The molecule has 0 N–H and O–H groups in total. The highest BCUT2D eigenvalue weighted by Crippen LogP contribution is 2.30. The first-order valence-corrected chi connectivity index (χ1v) is 12.7. The molecule has 0 radical (unpaired) electrons. The third-order valence-corrected chi connectivity index (χ3v) is 5.14. The Balaban J connectivity index is 0.000000767. The maximum atomic E-state index is 12.7. The second kappa shape index (κ2) is 17.7. The van der Waals surface area contributed by atoms with Crippen LogP contribution in [0.5, 0.6) is 0 Å². The summed E-state index contributed by atoms with van der Waals surface area (Å²) in [7, 11) is 0. The van der Waals surface area contributed by atoms with Crippen LogP contribution in [0.3, 0.4) is 0 Å². The van der Waals surface area contributed by atoms with E-state index in [1.807, 2.05) is 106 Å². The summed E-state index contributed by atoms with van der Waals surface area (Å²) in [6, 6.07) is 13.4. The van der Waals surface area contributed by atoms with Gasteiger partial charge in [-0.15, -0.1) is 17.9 Å². The molecule has 0 bridgehead atoms. The molecule has 0 fully saturated rings. The molecule has 3 rings (SSSR count). The lowest BCUT2D eigenvalue weighted by molar-refractivity contribution is -0.127. The number of amidine groups is 1. The van der Waals surface area contributed by atoms with Gasteiger partial charge in [-0.25, -0.2) is 4.99 Å². The summed E-state index contributed by atoms with van der Waals surface area (Å²) in [6.07, 6.45) is 4.91. The number of aliphatic imine (C=N–C) groups is 1. The van der Waals surface area contributed by atoms with Gasteiger partial charge in [0.1, 0.15) is 5.84 Å². The van der Waals surface area contributed by atoms with Crippen molar-refractivity contribution in [1.29, 1.82) is 0 Å². The van der Waals surface area contributed by atoms with Gasteiger partial charge in [0.05, 0.1) is 4.88 Å². The minimum absolute atomic E-state index is 0.0746. The zero-order valence-electron chi connectivity index (χ0n) is 19.8. The number of benzene rings is 1. The summed E-state index contributed by atoms with van der Waals surface area (Å²) in [5, 5.41) is 2.89. The summed E-state index contributed by atoms with van der Waals surface area (Å²) in [5.74, 6) is 0.885. The Labute approximate surface area is 201 Å². The van der Waals surface area contributed by atoms with Gasteiger partial charge in [-0.3, -0.25) is 9.69 Å². The molecular weight excluding hydrogens is 468 g/mol. The third-order valence-electron chi connectivity index (χ3n) is 3.71. The van der Waals surface area contributed by atoms with Crippen LogP contribution in [0.15, 0.2) is 77.1 Å². The van der Waals surface area contributed by atoms with Crippen LogP contribution in [0.2, 0.25) is 0 Å². The Morgan fingerprint density at radius 3 is 2.16 bits per heavy atom. The Morgan fingerprint density at radius 2 is 1.71 bits per heavy atom. The number of hydrogen-bond acceptors (Lipinski definition) is 3. The minimum atomic E-state index is -0.404. The van der Waals surface area contributed by atoms with Crippen molar-refractivity contribution < 1.29 is 4.79 Å². The van der Waals surface area contributed by atoms with E-state index >= 15 is 0 Å². The predicted molar refractivity (Wildman–Crippen MR) is 142 cm³/mol. The summed E-state index contributed by atoms with van der Waals surface area (Å²) in [4.78, 5) is 20.3. The standard InChI is InChI=1S/C16H15BrN2OS.2C4H8.C2H6/c17-9-5-10-19-15(13-8-4-11-21-13)18-14(16(19)20)12-6-2-1-3-7-12;1-4(2)3;1-3-4-2;1-2/h1-4,6-8,11,14H,5,9-10H2;1H2,2-3H3;3-4H,1-2H3;1-2H3/b;;4-3-;. The average Bonchev–Trinajstić information content (AvgIpc) is 3.42. The van der Waals surface area contributed by atoms with Crippen molar-refractivity contribution in [2.45, 2.75) is 54.0 Å². The summed E-state index contributed by atoms with van der Waals surface area (Å²) in [5.41, 5.74) is 2.12. The Morgan fingerprint density at radius 1 is 1.13 bits per heavy atom. The number of carbonyl (C=O) groups is 1. The molecule has 1 aromatic heterocycles. The van der Waals surface area contributed by atoms with Crippen molar-refractivity contribution in [3.05, 3.63) is 82.6 Å². The number of nitrogens with zero attached hydrogens (tertiary/aromatic N) is 2. The first-order chi connectivity index (χ1) is 15.0. The van der Waals surface area contributed by atoms with Gasteiger partial charge in [0.25, 0.3) is 5.91 Å². The summed E-state index contributed by atoms with van der Waals surface area (Å²) in [6.45, 7) is 16.2. The fourth-order valence-corrected chi connectivity index (χ4v) is 3.37. The molecule has 0 saturated carbocycles. The molecule has 31 heavy (non-hydrogen) atoms. The van der Waals surface area contributed by atoms with Gasteiger partial charge in [0, 0.05) is 11.9 Å². The van der Waals surface area contributed by atoms with Crippen LogP contribution in [0, 0.1) is 0 Å². The predicted octanol–water partition coefficient (Wildman–Crippen LogP) is 8.05. The van der Waals surface area contributed by atoms with Gasteiger partial charge in [-0.1, -0.05) is 83.9 Å². The molecule has 0 saturated heterocycles. The molecule has 1 aliphatic heterocycles. The van der Waals surface area contributed by atoms with E-state index < -0.39 is 6.04 Å². The van der Waals surface area contributed by atoms with Crippen molar-refractivity contribution in [3.63, 3.8) is 0 Å². The maximum Gasteiger partial charge on any atom is 0.257 e. The largest absolute Gasteiger partial charge is 0.294 e. The molecule has 1 unspecified atom stereocenters. The lowest BCUT2D eigenvalue weighted by Gasteiger charge is -2.18. The number of thiophene rings is 1. The molecule has 2 aromatic rings. The topological polar surface area (TPSA) is 32.7 Å². The molecule has 1 aromatic carbocycles. The van der Waals surface area contributed by atoms with Crippen LogP contribution < -0.4 is 0 Å². The molecule has 2 heterocycles. The number of carbonyl (C=O) groups excluding carboxylic acids is 1. The Kier molecular flexibility index (Phi) is 16.5. The smallest absolute Gasteiger partial charge is 0.257 e. The zero-order valence-corrected chi connectivity index (χ0v) is 22.2. The van der Waals surface area contributed by atoms with E-state index in [2.05, 4.69) is 22.5 Å². The Bertz CT molecular complexity index is 790. The van der Waals surface area contributed by atoms with Crippen LogP contribution in [0.1, 0.15) is 64.4 Å². The molecule has 0 aliphatic carbocycles. The van der Waals surface area contributed by atoms with Crippen molar-refractivity contribution in [2.75, 3.05) is 11.9 Å². The first kappa shape index (κ1) is 29.0. The number of alkyl halides is 1. The maximum absolute atomic E-state index is 12.7. The molecule has 0 spiro atoms. The second-order valence-corrected chi connectivity index (χ2v) is 8.39. The summed E-state index contributed by atoms with van der Waals surface area (Å²) < 4.78 is 0. The summed E-state index contributed by atoms with van der Waals surface area (Å²) >= 11 is 5.05. The average molecular weight is 506 g/mol. The van der Waals surface area contributed by atoms with Crippen LogP contribution in [-0.4, -0.2) is 28.5 Å². The van der Waals surface area contributed by atoms with Crippen molar-refractivity contribution in [2.24, 2.45) is 4.99 Å². The molecular formula is C26H37BrN2OS. The van der Waals surface area contributed by atoms with Crippen LogP contribution in [-0.2, 0) is 4.79 Å². The van der Waals surface area contributed by atoms with Gasteiger partial charge < -0.3 is 0 Å². The van der Waals surface area contributed by atoms with E-state index in [9.17, 15) is 4.79 Å². The van der Waals surface area contributed by atoms with E-state index in [1.165, 1.54) is 5.57 Å². The van der Waals surface area contributed by atoms with Gasteiger partial charge in [-0.05, 0) is 51.1 Å². The lowest BCUT2D eigenvalue weighted by Crippen LogP contribution is -2.34. The first-order valence-electron chi connectivity index (χ1n) is 10.7. The molecule has 1 amide bonds. The van der Waals surface area contributed by atoms with Gasteiger partial charge in [0.2, 0.25) is 0 Å². The number of allylic oxidation sites excluding steroid dienone is 3. The van der Waals surface area contributed by atoms with Crippen LogP contribution >= 0.6 is 27.3 Å². The lowest BCUT2D eigenvalue weighted by atomic mass is 10.1. The minimum Gasteiger partial charge on any atom is -0.294 e. The fourth-order valence-electron chi connectivity index (χ4n) is 2.39. The quantitative estimate of drug-likeness (QED) is 0.299. The molecule has 3 nitrogen and oxygen atoms in total. The third kappa shape index (κ3) is 10.7. The number of rotatable bonds is 5. The van der Waals surface area contributed by atoms with Gasteiger partial charge >= 0.3 is 0 Å². The number of hydrogen-bond donors (Lipinski definition) is 0. The fraction of sp³-hybridized carbons (Fsp3) is 0.385. The van der Waals surface area contributed by atoms with Crippen molar-refractivity contribution in [1.82, 2.24) is 4.90 Å². The van der Waals surface area contributed by atoms with Crippen LogP contribution in [0.4, 0.5) is 0 Å². The highest BCUT2D eigenvalue weighted by atomic mass is 79.9. The SMILES string of the molecule is C/C=C\C.C=C(C)C.CC.O=C1C(c2ccccc2)N=C(c2cccs2)N1CCCBr. The van der Waals surface area contributed by atoms with E-state index in [0.29, 0.717) is 6.54 Å². The van der Waals surface area contributed by atoms with Crippen LogP contribution in [0.25, 0.3) is 0 Å². The molecule has 5 heteroatoms. The van der Waals surface area contributed by atoms with Crippen molar-refractivity contribution >= 4 is 39.0 Å². The Hall–Kier alpha value is -1.98. The van der Waals surface area contributed by atoms with Crippen molar-refractivity contribution in [3.8, 4) is 0 Å². The molecule has 1 aliphatic rings. The van der Waals surface area contributed by atoms with Gasteiger partial charge in [0.15, 0.2) is 6.04 Å². The van der Waals surface area contributed by atoms with E-state index in [1.54, 1.807) is 11.3 Å². The normalized spacial score (nSPS) is 14.5. The monoisotopic (exact) mass is 504 g/mol. The van der Waals surface area contributed by atoms with Gasteiger partial charge in [-0.2, -0.15) is 0 Å². The molecule has 170 valence electrons. The molecule has 1 atom stereocenters. The second-order valence-electron chi connectivity index (χ2n) is 6.65. The number of amides is 1. The van der Waals surface area contributed by atoms with E-state index in [0.717, 1.165) is 28.0 Å². The number of halogens is 1. The van der Waals surface area contributed by atoms with E-state index in [4.69, 9.17) is 4.99 Å². The zero-order chi connectivity index (χ0) is 23.6. The van der Waals surface area contributed by atoms with E-state index in [-0.39, 0.29) is 5.91 Å². The highest BCUT2D eigenvalue weighted by molar-refractivity contribution is 9.09. The highest BCUT2D eigenvalue weighted by Gasteiger charge is 2.35.